The Balaban J connectivity index is 1.76. The molecule has 2 atom stereocenters. The molecule has 0 radical (unpaired) electrons. The Morgan fingerprint density at radius 3 is 2.86 bits per heavy atom. The number of amides is 2. The first-order chi connectivity index (χ1) is 10.7. The molecule has 2 saturated heterocycles. The number of rotatable bonds is 8. The van der Waals surface area contributed by atoms with Gasteiger partial charge in [0.1, 0.15) is 0 Å². The van der Waals surface area contributed by atoms with E-state index in [1.165, 1.54) is 6.42 Å². The van der Waals surface area contributed by atoms with E-state index >= 15 is 0 Å². The molecule has 2 rings (SSSR count). The molecule has 0 aromatic heterocycles. The SMILES string of the molecule is CCNCCNC(=O)C1CC(=O)N(CC2CCCN2CC)C1. The van der Waals surface area contributed by atoms with E-state index in [0.717, 1.165) is 39.1 Å². The molecule has 0 spiro atoms. The largest absolute Gasteiger partial charge is 0.355 e. The van der Waals surface area contributed by atoms with Crippen LogP contribution >= 0.6 is 0 Å². The molecule has 2 unspecified atom stereocenters. The molecule has 2 aliphatic heterocycles. The van der Waals surface area contributed by atoms with E-state index in [-0.39, 0.29) is 17.7 Å². The fourth-order valence-electron chi connectivity index (χ4n) is 3.49. The quantitative estimate of drug-likeness (QED) is 0.622. The summed E-state index contributed by atoms with van der Waals surface area (Å²) in [4.78, 5) is 28.6. The predicted octanol–water partition coefficient (Wildman–Crippen LogP) is 0.0449. The Hall–Kier alpha value is -1.14. The third kappa shape index (κ3) is 4.43. The highest BCUT2D eigenvalue weighted by atomic mass is 16.2. The Morgan fingerprint density at radius 2 is 2.14 bits per heavy atom. The highest BCUT2D eigenvalue weighted by Crippen LogP contribution is 2.23. The van der Waals surface area contributed by atoms with E-state index < -0.39 is 0 Å². The van der Waals surface area contributed by atoms with E-state index in [1.54, 1.807) is 0 Å². The van der Waals surface area contributed by atoms with Crippen molar-refractivity contribution in [1.29, 1.82) is 0 Å². The van der Waals surface area contributed by atoms with E-state index in [0.29, 0.717) is 25.6 Å². The second kappa shape index (κ2) is 8.48. The van der Waals surface area contributed by atoms with Crippen LogP contribution in [0, 0.1) is 5.92 Å². The molecule has 0 saturated carbocycles. The first-order valence-corrected chi connectivity index (χ1v) is 8.66. The van der Waals surface area contributed by atoms with Gasteiger partial charge in [0, 0.05) is 38.6 Å². The van der Waals surface area contributed by atoms with Gasteiger partial charge in [0.05, 0.1) is 5.92 Å². The van der Waals surface area contributed by atoms with Gasteiger partial charge in [-0.15, -0.1) is 0 Å². The first kappa shape index (κ1) is 17.2. The molecule has 22 heavy (non-hydrogen) atoms. The van der Waals surface area contributed by atoms with Gasteiger partial charge in [0.2, 0.25) is 11.8 Å². The molecular weight excluding hydrogens is 280 g/mol. The number of likely N-dealkylation sites (tertiary alicyclic amines) is 2. The number of carbonyl (C=O) groups is 2. The average molecular weight is 310 g/mol. The Labute approximate surface area is 133 Å². The van der Waals surface area contributed by atoms with Gasteiger partial charge >= 0.3 is 0 Å². The zero-order valence-corrected chi connectivity index (χ0v) is 13.9. The Kier molecular flexibility index (Phi) is 6.64. The maximum Gasteiger partial charge on any atom is 0.225 e. The molecule has 2 N–H and O–H groups in total. The topological polar surface area (TPSA) is 64.7 Å². The van der Waals surface area contributed by atoms with Gasteiger partial charge in [0.25, 0.3) is 0 Å². The average Bonchev–Trinajstić information content (AvgIpc) is 3.11. The van der Waals surface area contributed by atoms with Gasteiger partial charge in [-0.05, 0) is 32.5 Å². The molecule has 2 amide bonds. The van der Waals surface area contributed by atoms with Crippen LogP contribution in [-0.4, -0.2) is 73.5 Å². The van der Waals surface area contributed by atoms with Crippen molar-refractivity contribution in [3.05, 3.63) is 0 Å². The molecule has 2 fully saturated rings. The summed E-state index contributed by atoms with van der Waals surface area (Å²) in [7, 11) is 0. The van der Waals surface area contributed by atoms with E-state index in [9.17, 15) is 9.59 Å². The minimum atomic E-state index is -0.175. The molecule has 6 heteroatoms. The number of hydrogen-bond acceptors (Lipinski definition) is 4. The highest BCUT2D eigenvalue weighted by Gasteiger charge is 2.36. The molecular formula is C16H30N4O2. The van der Waals surface area contributed by atoms with Crippen LogP contribution in [0.3, 0.4) is 0 Å². The van der Waals surface area contributed by atoms with Gasteiger partial charge in [-0.2, -0.15) is 0 Å². The lowest BCUT2D eigenvalue weighted by Crippen LogP contribution is -2.42. The number of likely N-dealkylation sites (N-methyl/N-ethyl adjacent to an activating group) is 2. The van der Waals surface area contributed by atoms with E-state index in [1.807, 2.05) is 11.8 Å². The second-order valence-corrected chi connectivity index (χ2v) is 6.27. The van der Waals surface area contributed by atoms with Crippen LogP contribution in [0.25, 0.3) is 0 Å². The fraction of sp³-hybridized carbons (Fsp3) is 0.875. The molecule has 6 nitrogen and oxygen atoms in total. The van der Waals surface area contributed by atoms with Gasteiger partial charge in [-0.3, -0.25) is 14.5 Å². The maximum atomic E-state index is 12.2. The summed E-state index contributed by atoms with van der Waals surface area (Å²) in [5.41, 5.74) is 0. The summed E-state index contributed by atoms with van der Waals surface area (Å²) in [5.74, 6) is -0.0204. The van der Waals surface area contributed by atoms with Crippen LogP contribution in [0.4, 0.5) is 0 Å². The third-order valence-electron chi connectivity index (χ3n) is 4.77. The van der Waals surface area contributed by atoms with Crippen molar-refractivity contribution in [2.45, 2.75) is 39.2 Å². The maximum absolute atomic E-state index is 12.2. The Morgan fingerprint density at radius 1 is 1.32 bits per heavy atom. The summed E-state index contributed by atoms with van der Waals surface area (Å²) in [6, 6.07) is 0.476. The van der Waals surface area contributed by atoms with Crippen molar-refractivity contribution in [3.8, 4) is 0 Å². The van der Waals surface area contributed by atoms with Crippen molar-refractivity contribution >= 4 is 11.8 Å². The molecule has 126 valence electrons. The monoisotopic (exact) mass is 310 g/mol. The summed E-state index contributed by atoms with van der Waals surface area (Å²) >= 11 is 0. The first-order valence-electron chi connectivity index (χ1n) is 8.66. The van der Waals surface area contributed by atoms with Gasteiger partial charge < -0.3 is 15.5 Å². The van der Waals surface area contributed by atoms with Gasteiger partial charge in [0.15, 0.2) is 0 Å². The van der Waals surface area contributed by atoms with Crippen molar-refractivity contribution in [1.82, 2.24) is 20.4 Å². The minimum Gasteiger partial charge on any atom is -0.355 e. The fourth-order valence-corrected chi connectivity index (χ4v) is 3.49. The molecule has 0 aromatic carbocycles. The molecule has 2 aliphatic rings. The van der Waals surface area contributed by atoms with E-state index in [4.69, 9.17) is 0 Å². The van der Waals surface area contributed by atoms with Crippen LogP contribution in [-0.2, 0) is 9.59 Å². The third-order valence-corrected chi connectivity index (χ3v) is 4.77. The van der Waals surface area contributed by atoms with E-state index in [2.05, 4.69) is 22.5 Å². The summed E-state index contributed by atoms with van der Waals surface area (Å²) in [6.07, 6.45) is 2.75. The van der Waals surface area contributed by atoms with Gasteiger partial charge in [-0.1, -0.05) is 13.8 Å². The summed E-state index contributed by atoms with van der Waals surface area (Å²) < 4.78 is 0. The normalized spacial score (nSPS) is 25.9. The minimum absolute atomic E-state index is 0.0209. The van der Waals surface area contributed by atoms with Crippen LogP contribution in [0.15, 0.2) is 0 Å². The number of nitrogens with one attached hydrogen (secondary N) is 2. The predicted molar refractivity (Wildman–Crippen MR) is 86.5 cm³/mol. The smallest absolute Gasteiger partial charge is 0.225 e. The molecule has 0 aromatic rings. The lowest BCUT2D eigenvalue weighted by atomic mass is 10.1. The zero-order valence-electron chi connectivity index (χ0n) is 13.9. The number of carbonyl (C=O) groups excluding carboxylic acids is 2. The summed E-state index contributed by atoms with van der Waals surface area (Å²) in [6.45, 7) is 10.1. The second-order valence-electron chi connectivity index (χ2n) is 6.27. The van der Waals surface area contributed by atoms with Crippen molar-refractivity contribution < 1.29 is 9.59 Å². The van der Waals surface area contributed by atoms with Crippen molar-refractivity contribution in [2.75, 3.05) is 45.8 Å². The molecule has 0 aliphatic carbocycles. The molecule has 2 heterocycles. The van der Waals surface area contributed by atoms with Crippen LogP contribution < -0.4 is 10.6 Å². The van der Waals surface area contributed by atoms with Crippen molar-refractivity contribution in [2.24, 2.45) is 5.92 Å². The Bertz CT molecular complexity index is 388. The van der Waals surface area contributed by atoms with Crippen LogP contribution in [0.5, 0.6) is 0 Å². The van der Waals surface area contributed by atoms with Crippen molar-refractivity contribution in [3.63, 3.8) is 0 Å². The standard InChI is InChI=1S/C16H30N4O2/c1-3-17-7-8-18-16(22)13-10-15(21)20(11-13)12-14-6-5-9-19(14)4-2/h13-14,17H,3-12H2,1-2H3,(H,18,22). The number of hydrogen-bond donors (Lipinski definition) is 2. The zero-order chi connectivity index (χ0) is 15.9. The lowest BCUT2D eigenvalue weighted by molar-refractivity contribution is -0.129. The highest BCUT2D eigenvalue weighted by molar-refractivity contribution is 5.89. The van der Waals surface area contributed by atoms with Crippen LogP contribution in [0.1, 0.15) is 33.1 Å². The summed E-state index contributed by atoms with van der Waals surface area (Å²) in [5, 5.41) is 6.10. The molecule has 0 bridgehead atoms. The van der Waals surface area contributed by atoms with Crippen LogP contribution in [0.2, 0.25) is 0 Å². The van der Waals surface area contributed by atoms with Gasteiger partial charge in [-0.25, -0.2) is 0 Å². The number of nitrogens with zero attached hydrogens (tertiary/aromatic N) is 2. The lowest BCUT2D eigenvalue weighted by Gasteiger charge is -2.27.